The summed E-state index contributed by atoms with van der Waals surface area (Å²) in [5.41, 5.74) is 7.65. The van der Waals surface area contributed by atoms with Gasteiger partial charge in [0.15, 0.2) is 5.58 Å². The topological polar surface area (TPSA) is 105 Å². The summed E-state index contributed by atoms with van der Waals surface area (Å²) in [6, 6.07) is 5.30. The van der Waals surface area contributed by atoms with Crippen molar-refractivity contribution in [2.75, 3.05) is 12.9 Å². The van der Waals surface area contributed by atoms with Crippen LogP contribution in [0, 0.1) is 11.8 Å². The zero-order valence-electron chi connectivity index (χ0n) is 11.2. The highest BCUT2D eigenvalue weighted by Crippen LogP contribution is 2.30. The number of aliphatic hydroxyl groups excluding tert-OH is 1. The van der Waals surface area contributed by atoms with E-state index in [4.69, 9.17) is 15.3 Å². The van der Waals surface area contributed by atoms with Crippen molar-refractivity contribution in [2.45, 2.75) is 0 Å². The zero-order valence-corrected chi connectivity index (χ0v) is 12.0. The quantitative estimate of drug-likeness (QED) is 0.448. The number of aromatic amines is 1. The number of aliphatic imine (C=N–C) groups is 1. The normalized spacial score (nSPS) is 12.3. The average Bonchev–Trinajstić information content (AvgIpc) is 2.84. The number of thioether (sulfide) groups is 1. The molecule has 0 atom stereocenters. The molecule has 0 radical (unpaired) electrons. The molecule has 0 aliphatic heterocycles. The molecule has 0 bridgehead atoms. The molecule has 0 saturated heterocycles. The monoisotopic (exact) mass is 303 g/mol. The molecule has 1 aromatic heterocycles. The Labute approximate surface area is 124 Å². The molecule has 108 valence electrons. The molecule has 0 amide bonds. The molecule has 2 aromatic rings. The summed E-state index contributed by atoms with van der Waals surface area (Å²) in [6.07, 6.45) is 3.02. The fourth-order valence-electron chi connectivity index (χ4n) is 1.78. The number of hydrogen-bond donors (Lipinski definition) is 3. The van der Waals surface area contributed by atoms with Gasteiger partial charge in [-0.2, -0.15) is 0 Å². The number of nitrogens with one attached hydrogen (secondary N) is 1. The summed E-state index contributed by atoms with van der Waals surface area (Å²) in [5, 5.41) is 8.81. The van der Waals surface area contributed by atoms with E-state index in [1.165, 1.54) is 11.8 Å². The number of nitrogens with zero attached hydrogens (tertiary/aromatic N) is 1. The molecule has 1 aromatic carbocycles. The second-order valence-electron chi connectivity index (χ2n) is 3.85. The number of rotatable bonds is 3. The minimum Gasteiger partial charge on any atom is -0.408 e. The Balaban J connectivity index is 2.62. The second-order valence-corrected chi connectivity index (χ2v) is 4.66. The van der Waals surface area contributed by atoms with Gasteiger partial charge in [0.05, 0.1) is 11.9 Å². The van der Waals surface area contributed by atoms with Crippen LogP contribution in [0.4, 0.5) is 0 Å². The van der Waals surface area contributed by atoms with Gasteiger partial charge in [0, 0.05) is 4.91 Å². The van der Waals surface area contributed by atoms with Crippen LogP contribution in [0.25, 0.3) is 16.0 Å². The van der Waals surface area contributed by atoms with Crippen LogP contribution in [0.5, 0.6) is 0 Å². The first-order chi connectivity index (χ1) is 10.2. The van der Waals surface area contributed by atoms with E-state index in [-0.39, 0.29) is 6.61 Å². The van der Waals surface area contributed by atoms with Crippen LogP contribution in [0.1, 0.15) is 5.56 Å². The lowest BCUT2D eigenvalue weighted by molar-refractivity contribution is 0.350. The Morgan fingerprint density at radius 3 is 3.10 bits per heavy atom. The van der Waals surface area contributed by atoms with Crippen molar-refractivity contribution in [2.24, 2.45) is 10.7 Å². The van der Waals surface area contributed by atoms with Gasteiger partial charge in [0.2, 0.25) is 0 Å². The molecule has 7 heteroatoms. The molecule has 4 N–H and O–H groups in total. The van der Waals surface area contributed by atoms with E-state index in [1.807, 2.05) is 12.3 Å². The van der Waals surface area contributed by atoms with Crippen LogP contribution in [-0.4, -0.2) is 29.3 Å². The number of benzene rings is 1. The first-order valence-electron chi connectivity index (χ1n) is 5.95. The summed E-state index contributed by atoms with van der Waals surface area (Å²) in [6.45, 7) is -0.267. The lowest BCUT2D eigenvalue weighted by Gasteiger charge is -2.05. The number of nitrogens with two attached hydrogens (primary N) is 1. The van der Waals surface area contributed by atoms with Gasteiger partial charge >= 0.3 is 5.76 Å². The summed E-state index contributed by atoms with van der Waals surface area (Å²) in [5.74, 6) is 4.80. The predicted octanol–water partition coefficient (Wildman–Crippen LogP) is 1.14. The van der Waals surface area contributed by atoms with Gasteiger partial charge in [0.1, 0.15) is 12.3 Å². The van der Waals surface area contributed by atoms with E-state index in [0.717, 1.165) is 16.8 Å². The maximum Gasteiger partial charge on any atom is 0.417 e. The Bertz CT molecular complexity index is 821. The lowest BCUT2D eigenvalue weighted by Crippen LogP contribution is -1.92. The van der Waals surface area contributed by atoms with Crippen LogP contribution < -0.4 is 11.5 Å². The molecule has 0 aliphatic carbocycles. The fourth-order valence-corrected chi connectivity index (χ4v) is 2.44. The van der Waals surface area contributed by atoms with Crippen LogP contribution in [0.2, 0.25) is 0 Å². The first-order valence-corrected chi connectivity index (χ1v) is 7.17. The minimum atomic E-state index is -0.503. The summed E-state index contributed by atoms with van der Waals surface area (Å²) in [4.78, 5) is 18.6. The SMILES string of the molecule is CS/C(=C(/C#CCO)N=CN)c1ccc2[nH]c(=O)oc2c1. The van der Waals surface area contributed by atoms with Crippen molar-refractivity contribution in [3.8, 4) is 11.8 Å². The van der Waals surface area contributed by atoms with Crippen LogP contribution in [0.15, 0.2) is 38.1 Å². The van der Waals surface area contributed by atoms with Gasteiger partial charge in [-0.25, -0.2) is 9.79 Å². The molecule has 6 nitrogen and oxygen atoms in total. The largest absolute Gasteiger partial charge is 0.417 e. The van der Waals surface area contributed by atoms with Crippen LogP contribution in [0.3, 0.4) is 0 Å². The van der Waals surface area contributed by atoms with Gasteiger partial charge in [0.25, 0.3) is 0 Å². The number of oxazole rings is 1. The van der Waals surface area contributed by atoms with Gasteiger partial charge in [-0.1, -0.05) is 12.0 Å². The number of H-pyrrole nitrogens is 1. The molecule has 0 spiro atoms. The number of aromatic nitrogens is 1. The van der Waals surface area contributed by atoms with Crippen LogP contribution >= 0.6 is 11.8 Å². The first kappa shape index (κ1) is 15.0. The van der Waals surface area contributed by atoms with Gasteiger partial charge in [-0.15, -0.1) is 11.8 Å². The number of fused-ring (bicyclic) bond motifs is 1. The van der Waals surface area contributed by atoms with E-state index in [0.29, 0.717) is 16.8 Å². The van der Waals surface area contributed by atoms with E-state index in [1.54, 1.807) is 12.1 Å². The van der Waals surface area contributed by atoms with Crippen molar-refractivity contribution in [3.05, 3.63) is 40.0 Å². The maximum absolute atomic E-state index is 11.2. The third kappa shape index (κ3) is 3.37. The molecular formula is C14H13N3O3S. The van der Waals surface area contributed by atoms with E-state index < -0.39 is 5.76 Å². The zero-order chi connectivity index (χ0) is 15.2. The molecule has 0 saturated carbocycles. The maximum atomic E-state index is 11.2. The fraction of sp³-hybridized carbons (Fsp3) is 0.143. The standard InChI is InChI=1S/C14H13N3O3S/c1-21-13(11(16-8-15)3-2-6-18)9-4-5-10-12(7-9)20-14(19)17-10/h4-5,7-8,18H,6H2,1H3,(H2,15,16)(H,17,19)/b13-11-. The average molecular weight is 303 g/mol. The molecule has 21 heavy (non-hydrogen) atoms. The molecule has 2 rings (SSSR count). The molecule has 0 aliphatic rings. The minimum absolute atomic E-state index is 0.267. The van der Waals surface area contributed by atoms with Crippen molar-refractivity contribution < 1.29 is 9.52 Å². The Morgan fingerprint density at radius 1 is 1.62 bits per heavy atom. The molecular weight excluding hydrogens is 290 g/mol. The Kier molecular flexibility index (Phi) is 4.87. The number of allylic oxidation sites excluding steroid dienone is 1. The van der Waals surface area contributed by atoms with Crippen molar-refractivity contribution in [1.29, 1.82) is 0 Å². The summed E-state index contributed by atoms with van der Waals surface area (Å²) in [7, 11) is 0. The van der Waals surface area contributed by atoms with E-state index in [2.05, 4.69) is 21.8 Å². The highest BCUT2D eigenvalue weighted by molar-refractivity contribution is 8.07. The van der Waals surface area contributed by atoms with Crippen molar-refractivity contribution in [1.82, 2.24) is 4.98 Å². The highest BCUT2D eigenvalue weighted by Gasteiger charge is 2.09. The molecule has 1 heterocycles. The van der Waals surface area contributed by atoms with Crippen molar-refractivity contribution in [3.63, 3.8) is 0 Å². The Morgan fingerprint density at radius 2 is 2.43 bits per heavy atom. The van der Waals surface area contributed by atoms with Gasteiger partial charge in [-0.05, 0) is 29.9 Å². The second kappa shape index (κ2) is 6.83. The van der Waals surface area contributed by atoms with Crippen molar-refractivity contribution >= 4 is 34.1 Å². The summed E-state index contributed by atoms with van der Waals surface area (Å²) < 4.78 is 5.04. The third-order valence-electron chi connectivity index (χ3n) is 2.59. The predicted molar refractivity (Wildman–Crippen MR) is 84.8 cm³/mol. The third-order valence-corrected chi connectivity index (χ3v) is 3.43. The smallest absolute Gasteiger partial charge is 0.408 e. The van der Waals surface area contributed by atoms with E-state index >= 15 is 0 Å². The lowest BCUT2D eigenvalue weighted by atomic mass is 10.1. The number of hydrogen-bond acceptors (Lipinski definition) is 5. The van der Waals surface area contributed by atoms with Gasteiger partial charge < -0.3 is 15.3 Å². The summed E-state index contributed by atoms with van der Waals surface area (Å²) >= 11 is 1.43. The van der Waals surface area contributed by atoms with E-state index in [9.17, 15) is 4.79 Å². The molecule has 0 fully saturated rings. The van der Waals surface area contributed by atoms with Gasteiger partial charge in [-0.3, -0.25) is 4.98 Å². The van der Waals surface area contributed by atoms with Crippen LogP contribution in [-0.2, 0) is 0 Å². The molecule has 0 unspecified atom stereocenters. The Hall–Kier alpha value is -2.43. The highest BCUT2D eigenvalue weighted by atomic mass is 32.2. The number of aliphatic hydroxyl groups is 1.